The predicted molar refractivity (Wildman–Crippen MR) is 86.5 cm³/mol. The molecule has 0 aliphatic carbocycles. The lowest BCUT2D eigenvalue weighted by Gasteiger charge is -2.37. The van der Waals surface area contributed by atoms with Gasteiger partial charge in [-0.3, -0.25) is 0 Å². The van der Waals surface area contributed by atoms with Crippen molar-refractivity contribution in [2.75, 3.05) is 13.1 Å². The molecule has 0 amide bonds. The van der Waals surface area contributed by atoms with Gasteiger partial charge in [0.25, 0.3) is 0 Å². The molecule has 1 nitrogen and oxygen atoms in total. The molecule has 0 N–H and O–H groups in total. The first-order chi connectivity index (χ1) is 8.90. The Morgan fingerprint density at radius 3 is 1.95 bits per heavy atom. The van der Waals surface area contributed by atoms with Crippen molar-refractivity contribution in [3.63, 3.8) is 0 Å². The minimum Gasteiger partial charge on any atom is -0.301 e. The molecule has 0 saturated carbocycles. The number of nitrogens with zero attached hydrogens (tertiary/aromatic N) is 1. The number of piperidine rings is 1. The van der Waals surface area contributed by atoms with E-state index in [0.717, 1.165) is 29.7 Å². The normalized spacial score (nSPS) is 22.1. The molecule has 1 rings (SSSR count). The molecule has 1 heterocycles. The summed E-state index contributed by atoms with van der Waals surface area (Å²) in [5.74, 6) is 3.61. The van der Waals surface area contributed by atoms with E-state index >= 15 is 0 Å². The van der Waals surface area contributed by atoms with Gasteiger partial charge in [0.1, 0.15) is 0 Å². The van der Waals surface area contributed by atoms with Crippen LogP contribution in [0.3, 0.4) is 0 Å². The first kappa shape index (κ1) is 17.0. The fraction of sp³-hybridized carbons (Fsp3) is 1.00. The van der Waals surface area contributed by atoms with Crippen molar-refractivity contribution in [2.45, 2.75) is 79.7 Å². The third-order valence-corrected chi connectivity index (χ3v) is 5.09. The first-order valence-electron chi connectivity index (χ1n) is 8.64. The van der Waals surface area contributed by atoms with Gasteiger partial charge in [-0.25, -0.2) is 0 Å². The van der Waals surface area contributed by atoms with Crippen molar-refractivity contribution in [1.82, 2.24) is 4.90 Å². The molecule has 0 bridgehead atoms. The molecular weight excluding hydrogens is 230 g/mol. The summed E-state index contributed by atoms with van der Waals surface area (Å²) in [4.78, 5) is 2.74. The summed E-state index contributed by atoms with van der Waals surface area (Å²) in [5, 5.41) is 0. The van der Waals surface area contributed by atoms with Gasteiger partial charge in [0.05, 0.1) is 0 Å². The van der Waals surface area contributed by atoms with Crippen LogP contribution in [0, 0.1) is 23.7 Å². The standard InChI is InChI=1S/C18H37N/c1-14(2)13-16(5)7-8-17(6)19-11-9-18(10-12-19)15(3)4/h14-18H,7-13H2,1-6H3. The summed E-state index contributed by atoms with van der Waals surface area (Å²) in [6.07, 6.45) is 7.03. The Kier molecular flexibility index (Phi) is 7.42. The van der Waals surface area contributed by atoms with Crippen LogP contribution >= 0.6 is 0 Å². The van der Waals surface area contributed by atoms with Crippen LogP contribution in [-0.2, 0) is 0 Å². The Morgan fingerprint density at radius 1 is 0.895 bits per heavy atom. The minimum absolute atomic E-state index is 0.794. The van der Waals surface area contributed by atoms with Gasteiger partial charge >= 0.3 is 0 Å². The average Bonchev–Trinajstić information content (AvgIpc) is 2.35. The lowest BCUT2D eigenvalue weighted by atomic mass is 9.86. The summed E-state index contributed by atoms with van der Waals surface area (Å²) in [5.41, 5.74) is 0. The number of hydrogen-bond acceptors (Lipinski definition) is 1. The van der Waals surface area contributed by atoms with Gasteiger partial charge in [-0.05, 0) is 75.8 Å². The molecular formula is C18H37N. The van der Waals surface area contributed by atoms with Crippen molar-refractivity contribution in [1.29, 1.82) is 0 Å². The Labute approximate surface area is 122 Å². The van der Waals surface area contributed by atoms with Crippen molar-refractivity contribution < 1.29 is 0 Å². The monoisotopic (exact) mass is 267 g/mol. The molecule has 114 valence electrons. The molecule has 0 aromatic rings. The van der Waals surface area contributed by atoms with Crippen LogP contribution in [-0.4, -0.2) is 24.0 Å². The van der Waals surface area contributed by atoms with Crippen molar-refractivity contribution in [3.05, 3.63) is 0 Å². The summed E-state index contributed by atoms with van der Waals surface area (Å²) in [7, 11) is 0. The zero-order chi connectivity index (χ0) is 14.4. The van der Waals surface area contributed by atoms with E-state index in [-0.39, 0.29) is 0 Å². The van der Waals surface area contributed by atoms with Gasteiger partial charge in [0.2, 0.25) is 0 Å². The maximum absolute atomic E-state index is 2.74. The molecule has 2 unspecified atom stereocenters. The Hall–Kier alpha value is -0.0400. The van der Waals surface area contributed by atoms with E-state index in [0.29, 0.717) is 0 Å². The van der Waals surface area contributed by atoms with Gasteiger partial charge in [-0.2, -0.15) is 0 Å². The topological polar surface area (TPSA) is 3.24 Å². The van der Waals surface area contributed by atoms with Gasteiger partial charge in [0.15, 0.2) is 0 Å². The Balaban J connectivity index is 2.22. The van der Waals surface area contributed by atoms with Gasteiger partial charge in [0, 0.05) is 6.04 Å². The maximum Gasteiger partial charge on any atom is 0.00670 e. The highest BCUT2D eigenvalue weighted by Crippen LogP contribution is 2.27. The third-order valence-electron chi connectivity index (χ3n) is 5.09. The second-order valence-corrected chi connectivity index (χ2v) is 7.78. The molecule has 1 fully saturated rings. The molecule has 1 saturated heterocycles. The summed E-state index contributed by atoms with van der Waals surface area (Å²) in [6, 6.07) is 0.794. The highest BCUT2D eigenvalue weighted by molar-refractivity contribution is 4.78. The van der Waals surface area contributed by atoms with Crippen LogP contribution in [0.25, 0.3) is 0 Å². The SMILES string of the molecule is CC(C)CC(C)CCC(C)N1CCC(C(C)C)CC1. The van der Waals surface area contributed by atoms with Crippen molar-refractivity contribution in [2.24, 2.45) is 23.7 Å². The summed E-state index contributed by atoms with van der Waals surface area (Å²) >= 11 is 0. The van der Waals surface area contributed by atoms with Gasteiger partial charge < -0.3 is 4.90 Å². The average molecular weight is 268 g/mol. The molecule has 1 aliphatic rings. The molecule has 1 aliphatic heterocycles. The zero-order valence-electron chi connectivity index (χ0n) is 14.3. The van der Waals surface area contributed by atoms with Crippen LogP contribution < -0.4 is 0 Å². The Bertz CT molecular complexity index is 226. The second kappa shape index (κ2) is 8.29. The van der Waals surface area contributed by atoms with Crippen LogP contribution in [0.4, 0.5) is 0 Å². The van der Waals surface area contributed by atoms with Crippen LogP contribution in [0.15, 0.2) is 0 Å². The molecule has 0 aromatic carbocycles. The molecule has 0 radical (unpaired) electrons. The second-order valence-electron chi connectivity index (χ2n) is 7.78. The van der Waals surface area contributed by atoms with Crippen molar-refractivity contribution in [3.8, 4) is 0 Å². The molecule has 1 heteroatoms. The molecule has 19 heavy (non-hydrogen) atoms. The van der Waals surface area contributed by atoms with Crippen LogP contribution in [0.5, 0.6) is 0 Å². The molecule has 0 aromatic heterocycles. The number of rotatable bonds is 7. The summed E-state index contributed by atoms with van der Waals surface area (Å²) < 4.78 is 0. The number of likely N-dealkylation sites (tertiary alicyclic amines) is 1. The smallest absolute Gasteiger partial charge is 0.00670 e. The largest absolute Gasteiger partial charge is 0.301 e. The Morgan fingerprint density at radius 2 is 1.47 bits per heavy atom. The third kappa shape index (κ3) is 6.29. The van der Waals surface area contributed by atoms with E-state index in [2.05, 4.69) is 46.4 Å². The van der Waals surface area contributed by atoms with Crippen LogP contribution in [0.1, 0.15) is 73.6 Å². The maximum atomic E-state index is 2.74. The number of hydrogen-bond donors (Lipinski definition) is 0. The highest BCUT2D eigenvalue weighted by atomic mass is 15.2. The highest BCUT2D eigenvalue weighted by Gasteiger charge is 2.24. The molecule has 2 atom stereocenters. The van der Waals surface area contributed by atoms with E-state index in [1.54, 1.807) is 0 Å². The quantitative estimate of drug-likeness (QED) is 0.612. The lowest BCUT2D eigenvalue weighted by molar-refractivity contribution is 0.113. The van der Waals surface area contributed by atoms with E-state index in [1.165, 1.54) is 45.2 Å². The van der Waals surface area contributed by atoms with E-state index in [4.69, 9.17) is 0 Å². The van der Waals surface area contributed by atoms with Crippen LogP contribution in [0.2, 0.25) is 0 Å². The van der Waals surface area contributed by atoms with Crippen molar-refractivity contribution >= 4 is 0 Å². The van der Waals surface area contributed by atoms with E-state index < -0.39 is 0 Å². The van der Waals surface area contributed by atoms with E-state index in [1.807, 2.05) is 0 Å². The molecule has 0 spiro atoms. The fourth-order valence-corrected chi connectivity index (χ4v) is 3.66. The fourth-order valence-electron chi connectivity index (χ4n) is 3.66. The minimum atomic E-state index is 0.794. The zero-order valence-corrected chi connectivity index (χ0v) is 14.3. The predicted octanol–water partition coefficient (Wildman–Crippen LogP) is 5.21. The van der Waals surface area contributed by atoms with Gasteiger partial charge in [-0.15, -0.1) is 0 Å². The lowest BCUT2D eigenvalue weighted by Crippen LogP contribution is -2.41. The summed E-state index contributed by atoms with van der Waals surface area (Å²) in [6.45, 7) is 17.0. The first-order valence-corrected chi connectivity index (χ1v) is 8.64. The van der Waals surface area contributed by atoms with Gasteiger partial charge in [-0.1, -0.05) is 34.6 Å². The van der Waals surface area contributed by atoms with E-state index in [9.17, 15) is 0 Å².